The van der Waals surface area contributed by atoms with E-state index in [0.717, 1.165) is 5.39 Å². The molecule has 0 bridgehead atoms. The molecule has 4 rings (SSSR count). The number of nitrogens with zero attached hydrogens (tertiary/aromatic N) is 4. The van der Waals surface area contributed by atoms with E-state index in [2.05, 4.69) is 25.6 Å². The Bertz CT molecular complexity index is 1170. The first-order valence-corrected chi connectivity index (χ1v) is 8.62. The average Bonchev–Trinajstić information content (AvgIpc) is 3.33. The lowest BCUT2D eigenvalue weighted by atomic mass is 10.1. The number of aromatic nitrogens is 5. The first kappa shape index (κ1) is 19.0. The molecule has 3 aromatic heterocycles. The maximum atomic E-state index is 13.5. The van der Waals surface area contributed by atoms with Crippen LogP contribution in [0.4, 0.5) is 24.7 Å². The summed E-state index contributed by atoms with van der Waals surface area (Å²) in [7, 11) is 3.01. The largest absolute Gasteiger partial charge is 0.496 e. The lowest BCUT2D eigenvalue weighted by molar-refractivity contribution is -0.140. The van der Waals surface area contributed by atoms with Gasteiger partial charge < -0.3 is 14.8 Å². The zero-order valence-corrected chi connectivity index (χ0v) is 15.5. The standard InChI is InChI=1S/C18H17F3N6O2/c1-28-7-6-27-9-12(16(26-27)18(19,20)21)24-17-15-10(8-22-25-15)14-11(23-17)4-3-5-13(14)29-2/h3-5,8-9H,6-7H2,1-2H3,(H,22,25)(H,23,24). The fourth-order valence-electron chi connectivity index (χ4n) is 3.13. The van der Waals surface area contributed by atoms with Crippen LogP contribution >= 0.6 is 0 Å². The Kier molecular flexibility index (Phi) is 4.74. The number of benzene rings is 1. The van der Waals surface area contributed by atoms with Crippen molar-refractivity contribution >= 4 is 33.3 Å². The van der Waals surface area contributed by atoms with E-state index in [1.807, 2.05) is 0 Å². The van der Waals surface area contributed by atoms with E-state index in [1.54, 1.807) is 24.4 Å². The van der Waals surface area contributed by atoms with Gasteiger partial charge in [-0.15, -0.1) is 0 Å². The van der Waals surface area contributed by atoms with Crippen molar-refractivity contribution in [3.8, 4) is 5.75 Å². The molecule has 0 unspecified atom stereocenters. The second kappa shape index (κ2) is 7.24. The van der Waals surface area contributed by atoms with Crippen LogP contribution in [0.2, 0.25) is 0 Å². The molecule has 3 heterocycles. The highest BCUT2D eigenvalue weighted by molar-refractivity contribution is 6.11. The van der Waals surface area contributed by atoms with Crippen molar-refractivity contribution in [2.75, 3.05) is 26.1 Å². The SMILES string of the molecule is COCCn1cc(Nc2nc3cccc(OC)c3c3cn[nH]c23)c(C(F)(F)F)n1. The second-order valence-corrected chi connectivity index (χ2v) is 6.24. The smallest absolute Gasteiger partial charge is 0.437 e. The molecule has 0 saturated heterocycles. The van der Waals surface area contributed by atoms with Crippen LogP contribution in [0, 0.1) is 0 Å². The molecule has 2 N–H and O–H groups in total. The summed E-state index contributed by atoms with van der Waals surface area (Å²) in [6, 6.07) is 5.29. The lowest BCUT2D eigenvalue weighted by Crippen LogP contribution is -2.11. The van der Waals surface area contributed by atoms with Gasteiger partial charge in [-0.1, -0.05) is 6.07 Å². The fraction of sp³-hybridized carbons (Fsp3) is 0.278. The van der Waals surface area contributed by atoms with E-state index < -0.39 is 11.9 Å². The summed E-state index contributed by atoms with van der Waals surface area (Å²) < 4.78 is 52.0. The third kappa shape index (κ3) is 3.44. The molecule has 0 amide bonds. The Morgan fingerprint density at radius 2 is 2.07 bits per heavy atom. The van der Waals surface area contributed by atoms with Crippen molar-refractivity contribution in [3.05, 3.63) is 36.3 Å². The number of ether oxygens (including phenoxy) is 2. The summed E-state index contributed by atoms with van der Waals surface area (Å²) in [6.45, 7) is 0.417. The summed E-state index contributed by atoms with van der Waals surface area (Å²) in [5.41, 5.74) is -0.228. The highest BCUT2D eigenvalue weighted by Gasteiger charge is 2.37. The van der Waals surface area contributed by atoms with Gasteiger partial charge >= 0.3 is 6.18 Å². The Labute approximate surface area is 162 Å². The number of nitrogens with one attached hydrogen (secondary N) is 2. The predicted octanol–water partition coefficient (Wildman–Crippen LogP) is 3.73. The number of hydrogen-bond donors (Lipinski definition) is 2. The summed E-state index contributed by atoms with van der Waals surface area (Å²) >= 11 is 0. The molecule has 0 spiro atoms. The minimum absolute atomic E-state index is 0.184. The molecule has 0 radical (unpaired) electrons. The molecule has 0 aliphatic heterocycles. The van der Waals surface area contributed by atoms with Gasteiger partial charge in [0.05, 0.1) is 43.0 Å². The van der Waals surface area contributed by atoms with Crippen molar-refractivity contribution in [3.63, 3.8) is 0 Å². The monoisotopic (exact) mass is 406 g/mol. The first-order valence-electron chi connectivity index (χ1n) is 8.62. The fourth-order valence-corrected chi connectivity index (χ4v) is 3.13. The summed E-state index contributed by atoms with van der Waals surface area (Å²) in [4.78, 5) is 4.48. The molecule has 1 aromatic carbocycles. The van der Waals surface area contributed by atoms with Gasteiger partial charge in [-0.25, -0.2) is 4.98 Å². The zero-order chi connectivity index (χ0) is 20.6. The Morgan fingerprint density at radius 3 is 2.79 bits per heavy atom. The number of H-pyrrole nitrogens is 1. The first-order chi connectivity index (χ1) is 13.9. The zero-order valence-electron chi connectivity index (χ0n) is 15.5. The van der Waals surface area contributed by atoms with Gasteiger partial charge in [0.25, 0.3) is 0 Å². The molecule has 29 heavy (non-hydrogen) atoms. The van der Waals surface area contributed by atoms with Crippen LogP contribution in [0.3, 0.4) is 0 Å². The van der Waals surface area contributed by atoms with Gasteiger partial charge in [-0.05, 0) is 12.1 Å². The van der Waals surface area contributed by atoms with E-state index in [1.165, 1.54) is 25.1 Å². The van der Waals surface area contributed by atoms with Crippen molar-refractivity contribution in [2.24, 2.45) is 0 Å². The van der Waals surface area contributed by atoms with Crippen LogP contribution in [-0.4, -0.2) is 45.8 Å². The topological polar surface area (TPSA) is 89.9 Å². The molecule has 0 fully saturated rings. The van der Waals surface area contributed by atoms with E-state index >= 15 is 0 Å². The predicted molar refractivity (Wildman–Crippen MR) is 100 cm³/mol. The van der Waals surface area contributed by atoms with Crippen LogP contribution < -0.4 is 10.1 Å². The van der Waals surface area contributed by atoms with Gasteiger partial charge in [0.1, 0.15) is 11.3 Å². The van der Waals surface area contributed by atoms with Crippen molar-refractivity contribution in [1.29, 1.82) is 0 Å². The highest BCUT2D eigenvalue weighted by atomic mass is 19.4. The van der Waals surface area contributed by atoms with Gasteiger partial charge in [0.15, 0.2) is 11.5 Å². The molecular weight excluding hydrogens is 389 g/mol. The number of aromatic amines is 1. The van der Waals surface area contributed by atoms with E-state index in [4.69, 9.17) is 9.47 Å². The quantitative estimate of drug-likeness (QED) is 0.507. The number of rotatable bonds is 6. The second-order valence-electron chi connectivity index (χ2n) is 6.24. The van der Waals surface area contributed by atoms with Gasteiger partial charge in [0.2, 0.25) is 0 Å². The summed E-state index contributed by atoms with van der Waals surface area (Å²) in [5.74, 6) is 0.798. The van der Waals surface area contributed by atoms with E-state index in [9.17, 15) is 13.2 Å². The highest BCUT2D eigenvalue weighted by Crippen LogP contribution is 2.38. The van der Waals surface area contributed by atoms with E-state index in [-0.39, 0.29) is 24.7 Å². The minimum Gasteiger partial charge on any atom is -0.496 e. The maximum absolute atomic E-state index is 13.5. The van der Waals surface area contributed by atoms with Crippen LogP contribution in [0.25, 0.3) is 21.8 Å². The molecule has 11 heteroatoms. The van der Waals surface area contributed by atoms with Crippen LogP contribution in [-0.2, 0) is 17.5 Å². The minimum atomic E-state index is -4.63. The molecule has 8 nitrogen and oxygen atoms in total. The van der Waals surface area contributed by atoms with Crippen LogP contribution in [0.1, 0.15) is 5.69 Å². The molecule has 0 atom stereocenters. The Hall–Kier alpha value is -3.34. The average molecular weight is 406 g/mol. The lowest BCUT2D eigenvalue weighted by Gasteiger charge is -2.11. The van der Waals surface area contributed by atoms with Crippen molar-refractivity contribution < 1.29 is 22.6 Å². The third-order valence-electron chi connectivity index (χ3n) is 4.41. The normalized spacial score (nSPS) is 12.0. The number of methoxy groups -OCH3 is 2. The number of pyridine rings is 1. The van der Waals surface area contributed by atoms with E-state index in [0.29, 0.717) is 22.2 Å². The molecule has 0 aliphatic rings. The van der Waals surface area contributed by atoms with Crippen molar-refractivity contribution in [1.82, 2.24) is 25.0 Å². The summed E-state index contributed by atoms with van der Waals surface area (Å²) in [5, 5.41) is 14.6. The van der Waals surface area contributed by atoms with Crippen molar-refractivity contribution in [2.45, 2.75) is 12.7 Å². The molecule has 152 valence electrons. The maximum Gasteiger partial charge on any atom is 0.437 e. The van der Waals surface area contributed by atoms with Gasteiger partial charge in [-0.3, -0.25) is 9.78 Å². The molecule has 4 aromatic rings. The van der Waals surface area contributed by atoms with Gasteiger partial charge in [-0.2, -0.15) is 23.4 Å². The number of anilines is 2. The third-order valence-corrected chi connectivity index (χ3v) is 4.41. The van der Waals surface area contributed by atoms with Gasteiger partial charge in [0, 0.05) is 18.7 Å². The molecular formula is C18H17F3N6O2. The number of fused-ring (bicyclic) bond motifs is 3. The number of alkyl halides is 3. The molecule has 0 aliphatic carbocycles. The number of hydrogen-bond acceptors (Lipinski definition) is 6. The Balaban J connectivity index is 1.84. The molecule has 0 saturated carbocycles. The summed E-state index contributed by atoms with van der Waals surface area (Å²) in [6.07, 6.45) is -1.77. The van der Waals surface area contributed by atoms with Crippen LogP contribution in [0.5, 0.6) is 5.75 Å². The van der Waals surface area contributed by atoms with Crippen LogP contribution in [0.15, 0.2) is 30.6 Å². The number of halogens is 3. The Morgan fingerprint density at radius 1 is 1.24 bits per heavy atom.